The molecule has 8 nitrogen and oxygen atoms in total. The second-order valence-corrected chi connectivity index (χ2v) is 7.64. The van der Waals surface area contributed by atoms with Gasteiger partial charge in [0, 0.05) is 32.2 Å². The summed E-state index contributed by atoms with van der Waals surface area (Å²) < 4.78 is 6.67. The highest BCUT2D eigenvalue weighted by Gasteiger charge is 2.16. The maximum atomic E-state index is 12.9. The molecule has 1 aliphatic rings. The number of aryl methyl sites for hydroxylation is 1. The Morgan fingerprint density at radius 3 is 2.77 bits per heavy atom. The molecule has 1 saturated heterocycles. The predicted octanol–water partition coefficient (Wildman–Crippen LogP) is 2.56. The molecule has 4 rings (SSSR count). The first-order valence-corrected chi connectivity index (χ1v) is 10.2. The number of nitrogens with one attached hydrogen (secondary N) is 2. The van der Waals surface area contributed by atoms with Crippen LogP contribution in [0.1, 0.15) is 34.3 Å². The topological polar surface area (TPSA) is 113 Å². The Hall–Kier alpha value is -3.70. The van der Waals surface area contributed by atoms with Crippen molar-refractivity contribution in [1.29, 1.82) is 5.26 Å². The smallest absolute Gasteiger partial charge is 0.280 e. The van der Waals surface area contributed by atoms with Gasteiger partial charge in [-0.1, -0.05) is 6.07 Å². The Bertz CT molecular complexity index is 1180. The SMILES string of the molecule is Cc1cc(C#N)ccc1-c1c[nH]n(-c2ccc(C(=O)NCC3CCOCC3)cn2)c1=O. The molecule has 3 heterocycles. The van der Waals surface area contributed by atoms with Crippen molar-refractivity contribution in [2.75, 3.05) is 19.8 Å². The van der Waals surface area contributed by atoms with Crippen LogP contribution in [0, 0.1) is 24.2 Å². The third-order valence-electron chi connectivity index (χ3n) is 5.55. The average Bonchev–Trinajstić information content (AvgIpc) is 3.19. The average molecular weight is 417 g/mol. The summed E-state index contributed by atoms with van der Waals surface area (Å²) in [4.78, 5) is 29.6. The molecular weight excluding hydrogens is 394 g/mol. The maximum Gasteiger partial charge on any atom is 0.280 e. The zero-order valence-electron chi connectivity index (χ0n) is 17.2. The molecule has 0 bridgehead atoms. The lowest BCUT2D eigenvalue weighted by atomic mass is 10.0. The molecule has 31 heavy (non-hydrogen) atoms. The van der Waals surface area contributed by atoms with E-state index in [1.807, 2.05) is 6.92 Å². The number of nitrogens with zero attached hydrogens (tertiary/aromatic N) is 3. The molecule has 0 unspecified atom stereocenters. The number of hydrogen-bond donors (Lipinski definition) is 2. The summed E-state index contributed by atoms with van der Waals surface area (Å²) >= 11 is 0. The molecule has 158 valence electrons. The van der Waals surface area contributed by atoms with Crippen LogP contribution in [0.5, 0.6) is 0 Å². The number of rotatable bonds is 5. The van der Waals surface area contributed by atoms with Crippen LogP contribution in [0.4, 0.5) is 0 Å². The molecule has 2 aromatic heterocycles. The van der Waals surface area contributed by atoms with Crippen LogP contribution in [0.3, 0.4) is 0 Å². The van der Waals surface area contributed by atoms with Crippen molar-refractivity contribution in [1.82, 2.24) is 20.1 Å². The number of ether oxygens (including phenoxy) is 1. The molecule has 3 aromatic rings. The molecule has 0 atom stereocenters. The van der Waals surface area contributed by atoms with Crippen LogP contribution in [-0.4, -0.2) is 40.4 Å². The van der Waals surface area contributed by atoms with Crippen LogP contribution in [0.15, 0.2) is 47.5 Å². The number of pyridine rings is 1. The zero-order valence-corrected chi connectivity index (χ0v) is 17.2. The molecule has 0 radical (unpaired) electrons. The number of carbonyl (C=O) groups is 1. The Kier molecular flexibility index (Phi) is 5.96. The molecule has 0 saturated carbocycles. The van der Waals surface area contributed by atoms with E-state index in [9.17, 15) is 9.59 Å². The van der Waals surface area contributed by atoms with Gasteiger partial charge in [-0.2, -0.15) is 5.26 Å². The molecule has 1 amide bonds. The lowest BCUT2D eigenvalue weighted by Gasteiger charge is -2.22. The monoisotopic (exact) mass is 417 g/mol. The van der Waals surface area contributed by atoms with Crippen LogP contribution in [0.2, 0.25) is 0 Å². The van der Waals surface area contributed by atoms with Crippen molar-refractivity contribution in [3.05, 3.63) is 69.8 Å². The number of H-pyrrole nitrogens is 1. The highest BCUT2D eigenvalue weighted by molar-refractivity contribution is 5.93. The first-order valence-electron chi connectivity index (χ1n) is 10.2. The van der Waals surface area contributed by atoms with Gasteiger partial charge in [-0.05, 0) is 61.1 Å². The molecular formula is C23H23N5O3. The second kappa shape index (κ2) is 8.98. The number of aromatic amines is 1. The molecule has 1 aliphatic heterocycles. The summed E-state index contributed by atoms with van der Waals surface area (Å²) in [6, 6.07) is 10.6. The first kappa shape index (κ1) is 20.6. The fraction of sp³-hybridized carbons (Fsp3) is 0.304. The lowest BCUT2D eigenvalue weighted by Crippen LogP contribution is -2.32. The molecule has 2 N–H and O–H groups in total. The van der Waals surface area contributed by atoms with E-state index in [0.717, 1.165) is 37.2 Å². The van der Waals surface area contributed by atoms with Crippen molar-refractivity contribution < 1.29 is 9.53 Å². The fourth-order valence-corrected chi connectivity index (χ4v) is 3.71. The van der Waals surface area contributed by atoms with Gasteiger partial charge in [0.25, 0.3) is 11.5 Å². The summed E-state index contributed by atoms with van der Waals surface area (Å²) in [5, 5.41) is 14.9. The first-order chi connectivity index (χ1) is 15.1. The number of amides is 1. The fourth-order valence-electron chi connectivity index (χ4n) is 3.71. The summed E-state index contributed by atoms with van der Waals surface area (Å²) in [7, 11) is 0. The van der Waals surface area contributed by atoms with Crippen molar-refractivity contribution in [2.45, 2.75) is 19.8 Å². The normalized spacial score (nSPS) is 14.2. The van der Waals surface area contributed by atoms with Crippen LogP contribution in [0.25, 0.3) is 16.9 Å². The predicted molar refractivity (Wildman–Crippen MR) is 115 cm³/mol. The van der Waals surface area contributed by atoms with E-state index >= 15 is 0 Å². The number of hydrogen-bond acceptors (Lipinski definition) is 5. The standard InChI is InChI=1S/C23H23N5O3/c1-15-10-17(11-24)2-4-19(15)20-14-27-28(23(20)30)21-5-3-18(13-25-21)22(29)26-12-16-6-8-31-9-7-16/h2-5,10,13-14,16,27H,6-9,12H2,1H3,(H,26,29). The van der Waals surface area contributed by atoms with Crippen molar-refractivity contribution in [3.63, 3.8) is 0 Å². The minimum atomic E-state index is -0.253. The van der Waals surface area contributed by atoms with Gasteiger partial charge >= 0.3 is 0 Å². The molecule has 1 aromatic carbocycles. The van der Waals surface area contributed by atoms with Crippen molar-refractivity contribution in [3.8, 4) is 23.0 Å². The number of benzene rings is 1. The van der Waals surface area contributed by atoms with E-state index in [-0.39, 0.29) is 11.5 Å². The van der Waals surface area contributed by atoms with Gasteiger partial charge in [-0.15, -0.1) is 0 Å². The van der Waals surface area contributed by atoms with Gasteiger partial charge in [0.15, 0.2) is 5.82 Å². The summed E-state index contributed by atoms with van der Waals surface area (Å²) in [6.45, 7) is 3.96. The van der Waals surface area contributed by atoms with Gasteiger partial charge in [0.1, 0.15) is 0 Å². The van der Waals surface area contributed by atoms with E-state index in [2.05, 4.69) is 21.5 Å². The molecule has 8 heteroatoms. The summed E-state index contributed by atoms with van der Waals surface area (Å²) in [5.74, 6) is 0.647. The summed E-state index contributed by atoms with van der Waals surface area (Å²) in [5.41, 5.74) is 2.82. The minimum Gasteiger partial charge on any atom is -0.381 e. The van der Waals surface area contributed by atoms with E-state index in [1.165, 1.54) is 10.9 Å². The molecule has 0 spiro atoms. The largest absolute Gasteiger partial charge is 0.381 e. The Morgan fingerprint density at radius 2 is 2.10 bits per heavy atom. The Labute approximate surface area is 179 Å². The second-order valence-electron chi connectivity index (χ2n) is 7.64. The Balaban J connectivity index is 1.49. The van der Waals surface area contributed by atoms with Gasteiger partial charge in [-0.3, -0.25) is 14.7 Å². The van der Waals surface area contributed by atoms with Gasteiger partial charge in [0.2, 0.25) is 0 Å². The minimum absolute atomic E-state index is 0.182. The quantitative estimate of drug-likeness (QED) is 0.662. The number of nitriles is 1. The van der Waals surface area contributed by atoms with Gasteiger partial charge in [0.05, 0.1) is 22.8 Å². The highest BCUT2D eigenvalue weighted by Crippen LogP contribution is 2.21. The third-order valence-corrected chi connectivity index (χ3v) is 5.55. The van der Waals surface area contributed by atoms with Gasteiger partial charge in [-0.25, -0.2) is 9.67 Å². The van der Waals surface area contributed by atoms with Crippen molar-refractivity contribution >= 4 is 5.91 Å². The lowest BCUT2D eigenvalue weighted by molar-refractivity contribution is 0.0642. The number of carbonyl (C=O) groups excluding carboxylic acids is 1. The summed E-state index contributed by atoms with van der Waals surface area (Å²) in [6.07, 6.45) is 4.99. The molecule has 1 fully saturated rings. The van der Waals surface area contributed by atoms with E-state index < -0.39 is 0 Å². The van der Waals surface area contributed by atoms with Crippen LogP contribution < -0.4 is 10.9 Å². The zero-order chi connectivity index (χ0) is 21.8. The van der Waals surface area contributed by atoms with E-state index in [0.29, 0.717) is 35.0 Å². The van der Waals surface area contributed by atoms with Crippen molar-refractivity contribution in [2.24, 2.45) is 5.92 Å². The maximum absolute atomic E-state index is 12.9. The van der Waals surface area contributed by atoms with E-state index in [1.54, 1.807) is 36.5 Å². The van der Waals surface area contributed by atoms with Crippen LogP contribution in [-0.2, 0) is 4.74 Å². The molecule has 0 aliphatic carbocycles. The van der Waals surface area contributed by atoms with Gasteiger partial charge < -0.3 is 10.1 Å². The number of aromatic nitrogens is 3. The van der Waals surface area contributed by atoms with Crippen LogP contribution >= 0.6 is 0 Å². The Morgan fingerprint density at radius 1 is 1.29 bits per heavy atom. The third kappa shape index (κ3) is 4.42. The van der Waals surface area contributed by atoms with E-state index in [4.69, 9.17) is 10.00 Å². The highest BCUT2D eigenvalue weighted by atomic mass is 16.5.